The number of hydrogen-bond donors (Lipinski definition) is 1. The van der Waals surface area contributed by atoms with E-state index in [1.165, 1.54) is 11.1 Å². The molecule has 0 saturated carbocycles. The minimum atomic E-state index is 0.160. The van der Waals surface area contributed by atoms with E-state index < -0.39 is 0 Å². The van der Waals surface area contributed by atoms with Gasteiger partial charge < -0.3 is 9.84 Å². The van der Waals surface area contributed by atoms with Crippen LogP contribution in [0.4, 0.5) is 0 Å². The van der Waals surface area contributed by atoms with Crippen molar-refractivity contribution in [3.8, 4) is 11.5 Å². The monoisotopic (exact) mass is 328 g/mol. The van der Waals surface area contributed by atoms with Crippen molar-refractivity contribution < 1.29 is 9.84 Å². The van der Waals surface area contributed by atoms with Crippen molar-refractivity contribution in [1.29, 1.82) is 0 Å². The topological polar surface area (TPSA) is 29.5 Å². The molecule has 2 rings (SSSR count). The lowest BCUT2D eigenvalue weighted by atomic mass is 9.80. The molecule has 0 radical (unpaired) electrons. The van der Waals surface area contributed by atoms with Crippen molar-refractivity contribution in [2.45, 2.75) is 59.3 Å². The number of phenolic OH excluding ortho intramolecular Hbond substituents is 1. The van der Waals surface area contributed by atoms with Gasteiger partial charge in [0, 0.05) is 0 Å². The summed E-state index contributed by atoms with van der Waals surface area (Å²) in [6.07, 6.45) is 0. The Bertz CT molecular complexity index is 584. The Morgan fingerprint density at radius 3 is 1.54 bits per heavy atom. The summed E-state index contributed by atoms with van der Waals surface area (Å²) >= 11 is 0. The minimum absolute atomic E-state index is 0.160. The van der Waals surface area contributed by atoms with Gasteiger partial charge in [0.25, 0.3) is 0 Å². The van der Waals surface area contributed by atoms with E-state index in [2.05, 4.69) is 59.7 Å². The van der Waals surface area contributed by atoms with Crippen molar-refractivity contribution in [2.24, 2.45) is 0 Å². The molecule has 0 atom stereocenters. The Kier molecular flexibility index (Phi) is 6.89. The highest BCUT2D eigenvalue weighted by atomic mass is 16.5. The maximum absolute atomic E-state index is 8.63. The fourth-order valence-corrected chi connectivity index (χ4v) is 2.14. The highest BCUT2D eigenvalue weighted by Gasteiger charge is 2.20. The van der Waals surface area contributed by atoms with E-state index >= 15 is 0 Å². The highest BCUT2D eigenvalue weighted by Crippen LogP contribution is 2.32. The van der Waals surface area contributed by atoms with E-state index in [9.17, 15) is 0 Å². The largest absolute Gasteiger partial charge is 0.508 e. The summed E-state index contributed by atoms with van der Waals surface area (Å²) in [5.41, 5.74) is 3.00. The Labute approximate surface area is 147 Å². The van der Waals surface area contributed by atoms with Crippen LogP contribution >= 0.6 is 0 Å². The van der Waals surface area contributed by atoms with Gasteiger partial charge in [-0.1, -0.05) is 65.8 Å². The number of para-hydroxylation sites is 1. The zero-order valence-corrected chi connectivity index (χ0v) is 16.2. The fourth-order valence-electron chi connectivity index (χ4n) is 2.14. The number of ether oxygens (including phenoxy) is 1. The molecule has 0 spiro atoms. The van der Waals surface area contributed by atoms with Crippen LogP contribution in [0.2, 0.25) is 0 Å². The molecule has 0 aliphatic rings. The van der Waals surface area contributed by atoms with Gasteiger partial charge in [0.05, 0.1) is 6.61 Å². The van der Waals surface area contributed by atoms with Crippen LogP contribution in [0.1, 0.15) is 59.6 Å². The number of rotatable bonds is 2. The second kappa shape index (κ2) is 8.23. The van der Waals surface area contributed by atoms with Crippen molar-refractivity contribution in [1.82, 2.24) is 0 Å². The number of benzene rings is 2. The summed E-state index contributed by atoms with van der Waals surface area (Å²) in [5, 5.41) is 8.63. The first-order valence-electron chi connectivity index (χ1n) is 8.57. The molecule has 0 heterocycles. The van der Waals surface area contributed by atoms with Gasteiger partial charge in [0.2, 0.25) is 0 Å². The molecule has 1 N–H and O–H groups in total. The zero-order valence-electron chi connectivity index (χ0n) is 16.2. The highest BCUT2D eigenvalue weighted by molar-refractivity contribution is 5.40. The van der Waals surface area contributed by atoms with Gasteiger partial charge in [-0.25, -0.2) is 0 Å². The van der Waals surface area contributed by atoms with Crippen LogP contribution in [0.3, 0.4) is 0 Å². The van der Waals surface area contributed by atoms with E-state index in [1.54, 1.807) is 24.3 Å². The Hall–Kier alpha value is -1.96. The Morgan fingerprint density at radius 1 is 0.792 bits per heavy atom. The fraction of sp³-hybridized carbons (Fsp3) is 0.455. The van der Waals surface area contributed by atoms with Crippen molar-refractivity contribution in [3.05, 3.63) is 59.7 Å². The molecule has 0 saturated heterocycles. The first kappa shape index (κ1) is 20.1. The normalized spacial score (nSPS) is 11.5. The van der Waals surface area contributed by atoms with E-state index in [-0.39, 0.29) is 10.8 Å². The third kappa shape index (κ3) is 6.66. The maximum atomic E-state index is 8.63. The molecule has 2 aromatic carbocycles. The summed E-state index contributed by atoms with van der Waals surface area (Å²) in [7, 11) is 0. The third-order valence-electron chi connectivity index (χ3n) is 3.71. The van der Waals surface area contributed by atoms with Crippen molar-refractivity contribution in [3.63, 3.8) is 0 Å². The molecule has 2 aromatic rings. The summed E-state index contributed by atoms with van der Waals surface area (Å²) in [6.45, 7) is 16.2. The second-order valence-corrected chi connectivity index (χ2v) is 8.01. The second-order valence-electron chi connectivity index (χ2n) is 8.01. The molecule has 0 fully saturated rings. The number of phenols is 1. The average Bonchev–Trinajstić information content (AvgIpc) is 2.47. The molecule has 0 aromatic heterocycles. The summed E-state index contributed by atoms with van der Waals surface area (Å²) in [6, 6.07) is 15.4. The quantitative estimate of drug-likeness (QED) is 0.724. The molecule has 24 heavy (non-hydrogen) atoms. The molecule has 0 aliphatic heterocycles. The van der Waals surface area contributed by atoms with E-state index in [0.29, 0.717) is 5.75 Å². The molecule has 0 amide bonds. The van der Waals surface area contributed by atoms with Crippen molar-refractivity contribution in [2.75, 3.05) is 6.61 Å². The predicted octanol–water partition coefficient (Wildman–Crippen LogP) is 6.07. The zero-order chi connectivity index (χ0) is 18.4. The Balaban J connectivity index is 0.000000341. The van der Waals surface area contributed by atoms with Gasteiger partial charge in [-0.15, -0.1) is 0 Å². The summed E-state index contributed by atoms with van der Waals surface area (Å²) < 4.78 is 5.68. The molecule has 2 nitrogen and oxygen atoms in total. The molecule has 132 valence electrons. The predicted molar refractivity (Wildman–Crippen MR) is 103 cm³/mol. The standard InChI is InChI=1S/C16H26O.C6H6O/c1-8-17-14-10-12(15(2,3)4)9-13(11-14)16(5,6)7;7-6-4-2-1-3-5-6/h9-11H,8H2,1-7H3;1-5,7H. The molecular weight excluding hydrogens is 296 g/mol. The number of aromatic hydroxyl groups is 1. The smallest absolute Gasteiger partial charge is 0.119 e. The van der Waals surface area contributed by atoms with E-state index in [4.69, 9.17) is 9.84 Å². The van der Waals surface area contributed by atoms with E-state index in [0.717, 1.165) is 12.4 Å². The van der Waals surface area contributed by atoms with Crippen LogP contribution in [-0.4, -0.2) is 11.7 Å². The average molecular weight is 328 g/mol. The van der Waals surface area contributed by atoms with Gasteiger partial charge in [-0.05, 0) is 53.1 Å². The molecule has 0 aliphatic carbocycles. The first-order chi connectivity index (χ1) is 11.0. The van der Waals surface area contributed by atoms with E-state index in [1.807, 2.05) is 13.0 Å². The van der Waals surface area contributed by atoms with Crippen molar-refractivity contribution >= 4 is 0 Å². The van der Waals surface area contributed by atoms with Crippen LogP contribution < -0.4 is 4.74 Å². The lowest BCUT2D eigenvalue weighted by molar-refractivity contribution is 0.338. The van der Waals surface area contributed by atoms with Gasteiger partial charge in [0.15, 0.2) is 0 Å². The minimum Gasteiger partial charge on any atom is -0.508 e. The number of hydrogen-bond acceptors (Lipinski definition) is 2. The lowest BCUT2D eigenvalue weighted by Gasteiger charge is -2.26. The molecule has 0 unspecified atom stereocenters. The van der Waals surface area contributed by atoms with Gasteiger partial charge >= 0.3 is 0 Å². The summed E-state index contributed by atoms with van der Waals surface area (Å²) in [5.74, 6) is 1.31. The Morgan fingerprint density at radius 2 is 1.25 bits per heavy atom. The van der Waals surface area contributed by atoms with Crippen LogP contribution in [0, 0.1) is 0 Å². The molecule has 2 heteroatoms. The molecular formula is C22H32O2. The third-order valence-corrected chi connectivity index (χ3v) is 3.71. The van der Waals surface area contributed by atoms with Crippen LogP contribution in [-0.2, 0) is 10.8 Å². The van der Waals surface area contributed by atoms with Gasteiger partial charge in [-0.3, -0.25) is 0 Å². The van der Waals surface area contributed by atoms with Crippen LogP contribution in [0.15, 0.2) is 48.5 Å². The van der Waals surface area contributed by atoms with Crippen LogP contribution in [0.25, 0.3) is 0 Å². The van der Waals surface area contributed by atoms with Gasteiger partial charge in [-0.2, -0.15) is 0 Å². The maximum Gasteiger partial charge on any atom is 0.119 e. The summed E-state index contributed by atoms with van der Waals surface area (Å²) in [4.78, 5) is 0. The SMILES string of the molecule is CCOc1cc(C(C)(C)C)cc(C(C)(C)C)c1.Oc1ccccc1. The van der Waals surface area contributed by atoms with Crippen LogP contribution in [0.5, 0.6) is 11.5 Å². The van der Waals surface area contributed by atoms with Gasteiger partial charge in [0.1, 0.15) is 11.5 Å². The lowest BCUT2D eigenvalue weighted by Crippen LogP contribution is -2.16. The molecule has 0 bridgehead atoms. The first-order valence-corrected chi connectivity index (χ1v) is 8.57.